The molecule has 0 saturated carbocycles. The maximum absolute atomic E-state index is 13.0. The summed E-state index contributed by atoms with van der Waals surface area (Å²) in [4.78, 5) is 14.4. The first-order valence-electron chi connectivity index (χ1n) is 3.59. The van der Waals surface area contributed by atoms with Crippen LogP contribution in [0, 0.1) is 11.6 Å². The second-order valence-electron chi connectivity index (χ2n) is 2.53. The average Bonchev–Trinajstić information content (AvgIpc) is 2.10. The van der Waals surface area contributed by atoms with E-state index in [0.29, 0.717) is 12.1 Å². The van der Waals surface area contributed by atoms with Gasteiger partial charge >= 0.3 is 5.97 Å². The van der Waals surface area contributed by atoms with Crippen molar-refractivity contribution in [1.29, 1.82) is 0 Å². The van der Waals surface area contributed by atoms with Gasteiger partial charge in [0, 0.05) is 0 Å². The molecular formula is C8H7F2NO3. The van der Waals surface area contributed by atoms with E-state index < -0.39 is 35.3 Å². The van der Waals surface area contributed by atoms with Gasteiger partial charge in [-0.25, -0.2) is 19.5 Å². The van der Waals surface area contributed by atoms with Gasteiger partial charge in [0.15, 0.2) is 0 Å². The molecule has 0 heterocycles. The second kappa shape index (κ2) is 4.12. The fraction of sp³-hybridized carbons (Fsp3) is 0.125. The first-order valence-corrected chi connectivity index (χ1v) is 3.59. The molecule has 0 unspecified atom stereocenters. The van der Waals surface area contributed by atoms with Crippen molar-refractivity contribution >= 4 is 5.97 Å². The molecule has 1 aromatic carbocycles. The number of halogens is 2. The molecule has 0 amide bonds. The number of hydrogen-bond acceptors (Lipinski definition) is 3. The van der Waals surface area contributed by atoms with Crippen molar-refractivity contribution < 1.29 is 23.5 Å². The van der Waals surface area contributed by atoms with Crippen LogP contribution in [0.25, 0.3) is 0 Å². The molecule has 3 N–H and O–H groups in total. The Morgan fingerprint density at radius 3 is 2.29 bits per heavy atom. The van der Waals surface area contributed by atoms with Gasteiger partial charge in [-0.2, -0.15) is 0 Å². The standard InChI is InChI=1S/C8H7F2NO3/c9-6-1-4(8(12)13)2-7(10)5(6)3-14-11/h1-2H,3,11H2,(H,12,13). The average molecular weight is 203 g/mol. The van der Waals surface area contributed by atoms with Gasteiger partial charge in [-0.1, -0.05) is 0 Å². The maximum Gasteiger partial charge on any atom is 0.335 e. The molecular weight excluding hydrogens is 196 g/mol. The van der Waals surface area contributed by atoms with Crippen LogP contribution < -0.4 is 5.90 Å². The molecule has 0 saturated heterocycles. The lowest BCUT2D eigenvalue weighted by Crippen LogP contribution is -2.06. The van der Waals surface area contributed by atoms with Gasteiger partial charge in [0.1, 0.15) is 11.6 Å². The number of nitrogens with two attached hydrogens (primary N) is 1. The van der Waals surface area contributed by atoms with E-state index in [4.69, 9.17) is 5.11 Å². The van der Waals surface area contributed by atoms with Crippen LogP contribution >= 0.6 is 0 Å². The number of hydrogen-bond donors (Lipinski definition) is 2. The summed E-state index contributed by atoms with van der Waals surface area (Å²) in [5.41, 5.74) is -0.849. The van der Waals surface area contributed by atoms with Crippen LogP contribution in [0.1, 0.15) is 15.9 Å². The monoisotopic (exact) mass is 203 g/mol. The minimum Gasteiger partial charge on any atom is -0.478 e. The predicted octanol–water partition coefficient (Wildman–Crippen LogP) is 1.05. The maximum atomic E-state index is 13.0. The summed E-state index contributed by atoms with van der Waals surface area (Å²) in [7, 11) is 0. The van der Waals surface area contributed by atoms with Crippen molar-refractivity contribution in [3.05, 3.63) is 34.9 Å². The summed E-state index contributed by atoms with van der Waals surface area (Å²) < 4.78 is 26.0. The van der Waals surface area contributed by atoms with Crippen LogP contribution in [0.5, 0.6) is 0 Å². The Bertz CT molecular complexity index is 345. The van der Waals surface area contributed by atoms with Crippen LogP contribution in [0.2, 0.25) is 0 Å². The Kier molecular flexibility index (Phi) is 3.10. The fourth-order valence-electron chi connectivity index (χ4n) is 0.948. The first kappa shape index (κ1) is 10.6. The minimum absolute atomic E-state index is 0.391. The van der Waals surface area contributed by atoms with Gasteiger partial charge in [-0.3, -0.25) is 4.84 Å². The molecule has 0 aliphatic carbocycles. The highest BCUT2D eigenvalue weighted by Crippen LogP contribution is 2.16. The van der Waals surface area contributed by atoms with Crippen molar-refractivity contribution in [1.82, 2.24) is 0 Å². The van der Waals surface area contributed by atoms with Gasteiger partial charge in [0.05, 0.1) is 17.7 Å². The summed E-state index contributed by atoms with van der Waals surface area (Å²) >= 11 is 0. The molecule has 1 aromatic rings. The van der Waals surface area contributed by atoms with E-state index in [1.165, 1.54) is 0 Å². The molecule has 1 rings (SSSR count). The highest BCUT2D eigenvalue weighted by atomic mass is 19.1. The summed E-state index contributed by atoms with van der Waals surface area (Å²) in [5.74, 6) is 1.26. The molecule has 0 fully saturated rings. The topological polar surface area (TPSA) is 72.5 Å². The van der Waals surface area contributed by atoms with Crippen molar-refractivity contribution in [3.63, 3.8) is 0 Å². The Labute approximate surface area is 77.9 Å². The van der Waals surface area contributed by atoms with E-state index in [1.54, 1.807) is 0 Å². The minimum atomic E-state index is -1.40. The number of rotatable bonds is 3. The summed E-state index contributed by atoms with van der Waals surface area (Å²) in [6.07, 6.45) is 0. The summed E-state index contributed by atoms with van der Waals surface area (Å²) in [6.45, 7) is -0.447. The van der Waals surface area contributed by atoms with Crippen LogP contribution in [-0.2, 0) is 11.4 Å². The quantitative estimate of drug-likeness (QED) is 0.720. The predicted molar refractivity (Wildman–Crippen MR) is 42.3 cm³/mol. The summed E-state index contributed by atoms with van der Waals surface area (Å²) in [6, 6.07) is 1.42. The lowest BCUT2D eigenvalue weighted by molar-refractivity contribution is 0.0695. The Balaban J connectivity index is 3.18. The Morgan fingerprint density at radius 2 is 1.93 bits per heavy atom. The van der Waals surface area contributed by atoms with Crippen LogP contribution in [0.3, 0.4) is 0 Å². The van der Waals surface area contributed by atoms with Gasteiger partial charge in [-0.05, 0) is 12.1 Å². The molecule has 0 atom stereocenters. The normalized spacial score (nSPS) is 10.2. The van der Waals surface area contributed by atoms with Crippen molar-refractivity contribution in [2.45, 2.75) is 6.61 Å². The molecule has 0 aromatic heterocycles. The Hall–Kier alpha value is -1.53. The van der Waals surface area contributed by atoms with Gasteiger partial charge in [-0.15, -0.1) is 0 Å². The Morgan fingerprint density at radius 1 is 1.43 bits per heavy atom. The van der Waals surface area contributed by atoms with E-state index >= 15 is 0 Å². The molecule has 14 heavy (non-hydrogen) atoms. The largest absolute Gasteiger partial charge is 0.478 e. The molecule has 76 valence electrons. The summed E-state index contributed by atoms with van der Waals surface area (Å²) in [5, 5.41) is 8.47. The van der Waals surface area contributed by atoms with E-state index in [9.17, 15) is 13.6 Å². The lowest BCUT2D eigenvalue weighted by Gasteiger charge is -2.04. The van der Waals surface area contributed by atoms with Gasteiger partial charge in [0.2, 0.25) is 0 Å². The smallest absolute Gasteiger partial charge is 0.335 e. The van der Waals surface area contributed by atoms with Crippen molar-refractivity contribution in [2.75, 3.05) is 0 Å². The molecule has 0 spiro atoms. The number of carbonyl (C=O) groups is 1. The third-order valence-corrected chi connectivity index (χ3v) is 1.62. The molecule has 4 nitrogen and oxygen atoms in total. The zero-order chi connectivity index (χ0) is 10.7. The number of benzene rings is 1. The SMILES string of the molecule is NOCc1c(F)cc(C(=O)O)cc1F. The molecule has 0 radical (unpaired) electrons. The zero-order valence-corrected chi connectivity index (χ0v) is 6.96. The number of carboxylic acid groups (broad SMARTS) is 1. The second-order valence-corrected chi connectivity index (χ2v) is 2.53. The first-order chi connectivity index (χ1) is 6.56. The van der Waals surface area contributed by atoms with Gasteiger partial charge in [0.25, 0.3) is 0 Å². The fourth-order valence-corrected chi connectivity index (χ4v) is 0.948. The number of carboxylic acids is 1. The van der Waals surface area contributed by atoms with Crippen molar-refractivity contribution in [2.24, 2.45) is 5.90 Å². The molecule has 0 bridgehead atoms. The van der Waals surface area contributed by atoms with Gasteiger partial charge < -0.3 is 5.11 Å². The lowest BCUT2D eigenvalue weighted by atomic mass is 10.1. The van der Waals surface area contributed by atoms with E-state index in [0.717, 1.165) is 0 Å². The highest BCUT2D eigenvalue weighted by molar-refractivity contribution is 5.87. The van der Waals surface area contributed by atoms with E-state index in [-0.39, 0.29) is 0 Å². The third-order valence-electron chi connectivity index (χ3n) is 1.62. The van der Waals surface area contributed by atoms with Crippen LogP contribution in [0.15, 0.2) is 12.1 Å². The van der Waals surface area contributed by atoms with Crippen LogP contribution in [-0.4, -0.2) is 11.1 Å². The number of aromatic carboxylic acids is 1. The zero-order valence-electron chi connectivity index (χ0n) is 6.96. The third kappa shape index (κ3) is 2.04. The van der Waals surface area contributed by atoms with Crippen LogP contribution in [0.4, 0.5) is 8.78 Å². The highest BCUT2D eigenvalue weighted by Gasteiger charge is 2.14. The van der Waals surface area contributed by atoms with E-state index in [1.807, 2.05) is 0 Å². The molecule has 0 aliphatic heterocycles. The van der Waals surface area contributed by atoms with Crippen molar-refractivity contribution in [3.8, 4) is 0 Å². The van der Waals surface area contributed by atoms with E-state index in [2.05, 4.69) is 10.7 Å². The molecule has 0 aliphatic rings. The molecule has 6 heteroatoms.